The van der Waals surface area contributed by atoms with Crippen molar-refractivity contribution in [2.24, 2.45) is 0 Å². The Morgan fingerprint density at radius 1 is 1.20 bits per heavy atom. The Kier molecular flexibility index (Phi) is 5.06. The first-order valence-electron chi connectivity index (χ1n) is 7.60. The normalized spacial score (nSPS) is 17.5. The number of rotatable bonds is 4. The molecule has 112 valence electrons. The minimum Gasteiger partial charge on any atom is -0.381 e. The molecule has 0 radical (unpaired) electrons. The summed E-state index contributed by atoms with van der Waals surface area (Å²) in [5.41, 5.74) is 2.91. The summed E-state index contributed by atoms with van der Waals surface area (Å²) in [6.45, 7) is 9.72. The zero-order chi connectivity index (χ0) is 14.6. The highest BCUT2D eigenvalue weighted by atomic mass is 16.5. The Morgan fingerprint density at radius 3 is 2.45 bits per heavy atom. The van der Waals surface area contributed by atoms with E-state index < -0.39 is 0 Å². The summed E-state index contributed by atoms with van der Waals surface area (Å²) >= 11 is 0. The fourth-order valence-corrected chi connectivity index (χ4v) is 2.66. The van der Waals surface area contributed by atoms with Crippen LogP contribution in [0.3, 0.4) is 0 Å². The molecule has 1 saturated heterocycles. The molecular weight excluding hydrogens is 248 g/mol. The third-order valence-electron chi connectivity index (χ3n) is 3.92. The highest BCUT2D eigenvalue weighted by molar-refractivity contribution is 5.54. The average molecular weight is 276 g/mol. The molecule has 1 aromatic carbocycles. The van der Waals surface area contributed by atoms with Gasteiger partial charge in [-0.25, -0.2) is 0 Å². The summed E-state index contributed by atoms with van der Waals surface area (Å²) in [7, 11) is 1.82. The lowest BCUT2D eigenvalue weighted by Gasteiger charge is -2.34. The number of hydrogen-bond donors (Lipinski definition) is 1. The largest absolute Gasteiger partial charge is 0.381 e. The quantitative estimate of drug-likeness (QED) is 0.914. The summed E-state index contributed by atoms with van der Waals surface area (Å²) in [5, 5.41) is 3.59. The first-order valence-corrected chi connectivity index (χ1v) is 7.60. The van der Waals surface area contributed by atoms with Crippen molar-refractivity contribution in [3.05, 3.63) is 29.8 Å². The third kappa shape index (κ3) is 4.22. The molecule has 1 fully saturated rings. The van der Waals surface area contributed by atoms with E-state index in [1.165, 1.54) is 11.3 Å². The van der Waals surface area contributed by atoms with Gasteiger partial charge in [0.05, 0.1) is 6.10 Å². The summed E-state index contributed by atoms with van der Waals surface area (Å²) < 4.78 is 5.46. The lowest BCUT2D eigenvalue weighted by atomic mass is 10.0. The van der Waals surface area contributed by atoms with Crippen LogP contribution in [0.2, 0.25) is 0 Å². The number of anilines is 1. The Morgan fingerprint density at radius 2 is 1.85 bits per heavy atom. The Balaban J connectivity index is 2.04. The second-order valence-corrected chi connectivity index (χ2v) is 6.65. The number of methoxy groups -OCH3 is 1. The monoisotopic (exact) mass is 276 g/mol. The van der Waals surface area contributed by atoms with E-state index in [1.54, 1.807) is 0 Å². The highest BCUT2D eigenvalue weighted by Gasteiger charge is 2.20. The molecule has 0 spiro atoms. The maximum Gasteiger partial charge on any atom is 0.0605 e. The topological polar surface area (TPSA) is 24.5 Å². The second-order valence-electron chi connectivity index (χ2n) is 6.65. The lowest BCUT2D eigenvalue weighted by Crippen LogP contribution is -2.38. The minimum absolute atomic E-state index is 0.149. The van der Waals surface area contributed by atoms with Gasteiger partial charge >= 0.3 is 0 Å². The summed E-state index contributed by atoms with van der Waals surface area (Å²) in [6, 6.07) is 8.74. The summed E-state index contributed by atoms with van der Waals surface area (Å²) in [5.74, 6) is 0. The van der Waals surface area contributed by atoms with E-state index in [-0.39, 0.29) is 5.54 Å². The van der Waals surface area contributed by atoms with Crippen LogP contribution >= 0.6 is 0 Å². The Hall–Kier alpha value is -1.06. The van der Waals surface area contributed by atoms with Crippen LogP contribution in [0.15, 0.2) is 24.3 Å². The van der Waals surface area contributed by atoms with E-state index >= 15 is 0 Å². The number of piperidine rings is 1. The van der Waals surface area contributed by atoms with Crippen molar-refractivity contribution in [1.82, 2.24) is 5.32 Å². The number of ether oxygens (including phenoxy) is 1. The summed E-state index contributed by atoms with van der Waals surface area (Å²) in [4.78, 5) is 2.50. The average Bonchev–Trinajstić information content (AvgIpc) is 2.45. The van der Waals surface area contributed by atoms with Gasteiger partial charge in [0.25, 0.3) is 0 Å². The molecule has 1 heterocycles. The van der Waals surface area contributed by atoms with Crippen molar-refractivity contribution in [3.8, 4) is 0 Å². The van der Waals surface area contributed by atoms with E-state index in [4.69, 9.17) is 4.74 Å². The van der Waals surface area contributed by atoms with Crippen LogP contribution in [0.25, 0.3) is 0 Å². The van der Waals surface area contributed by atoms with Gasteiger partial charge in [0, 0.05) is 38.0 Å². The molecule has 1 aromatic rings. The van der Waals surface area contributed by atoms with Crippen LogP contribution in [0.5, 0.6) is 0 Å². The molecule has 1 N–H and O–H groups in total. The molecule has 0 amide bonds. The van der Waals surface area contributed by atoms with Crippen LogP contribution in [-0.4, -0.2) is 31.8 Å². The zero-order valence-electron chi connectivity index (χ0n) is 13.3. The smallest absolute Gasteiger partial charge is 0.0605 e. The van der Waals surface area contributed by atoms with Crippen molar-refractivity contribution in [2.45, 2.75) is 51.8 Å². The molecule has 0 aliphatic carbocycles. The molecule has 0 aromatic heterocycles. The van der Waals surface area contributed by atoms with Gasteiger partial charge in [-0.1, -0.05) is 18.2 Å². The van der Waals surface area contributed by atoms with Gasteiger partial charge in [0.2, 0.25) is 0 Å². The van der Waals surface area contributed by atoms with E-state index in [0.29, 0.717) is 6.10 Å². The van der Waals surface area contributed by atoms with E-state index in [9.17, 15) is 0 Å². The molecule has 0 atom stereocenters. The zero-order valence-corrected chi connectivity index (χ0v) is 13.3. The van der Waals surface area contributed by atoms with Gasteiger partial charge in [-0.2, -0.15) is 0 Å². The van der Waals surface area contributed by atoms with Crippen molar-refractivity contribution in [3.63, 3.8) is 0 Å². The fraction of sp³-hybridized carbons (Fsp3) is 0.647. The second kappa shape index (κ2) is 6.59. The lowest BCUT2D eigenvalue weighted by molar-refractivity contribution is 0.0819. The molecule has 0 unspecified atom stereocenters. The van der Waals surface area contributed by atoms with Crippen molar-refractivity contribution in [1.29, 1.82) is 0 Å². The Labute approximate surface area is 123 Å². The molecule has 2 rings (SSSR count). The molecule has 20 heavy (non-hydrogen) atoms. The number of hydrogen-bond acceptors (Lipinski definition) is 3. The van der Waals surface area contributed by atoms with Crippen molar-refractivity contribution in [2.75, 3.05) is 25.1 Å². The highest BCUT2D eigenvalue weighted by Crippen LogP contribution is 2.25. The van der Waals surface area contributed by atoms with Crippen LogP contribution in [0.1, 0.15) is 39.2 Å². The van der Waals surface area contributed by atoms with Crippen LogP contribution in [-0.2, 0) is 11.3 Å². The number of benzene rings is 1. The van der Waals surface area contributed by atoms with Gasteiger partial charge in [-0.05, 0) is 45.2 Å². The van der Waals surface area contributed by atoms with Crippen LogP contribution in [0.4, 0.5) is 5.69 Å². The molecule has 0 bridgehead atoms. The molecule has 3 heteroatoms. The SMILES string of the molecule is COC1CCN(c2ccccc2CNC(C)(C)C)CC1. The first-order chi connectivity index (χ1) is 9.49. The predicted octanol–water partition coefficient (Wildman–Crippen LogP) is 3.19. The molecular formula is C17H28N2O. The predicted molar refractivity (Wildman–Crippen MR) is 85.3 cm³/mol. The van der Waals surface area contributed by atoms with Crippen molar-refractivity contribution < 1.29 is 4.74 Å². The van der Waals surface area contributed by atoms with Gasteiger partial charge in [0.1, 0.15) is 0 Å². The number of para-hydroxylation sites is 1. The van der Waals surface area contributed by atoms with Crippen LogP contribution < -0.4 is 10.2 Å². The number of nitrogens with one attached hydrogen (secondary N) is 1. The molecule has 1 aliphatic heterocycles. The number of nitrogens with zero attached hydrogens (tertiary/aromatic N) is 1. The molecule has 3 nitrogen and oxygen atoms in total. The van der Waals surface area contributed by atoms with E-state index in [1.807, 2.05) is 7.11 Å². The molecule has 1 aliphatic rings. The third-order valence-corrected chi connectivity index (χ3v) is 3.92. The van der Waals surface area contributed by atoms with Gasteiger partial charge < -0.3 is 15.0 Å². The van der Waals surface area contributed by atoms with Gasteiger partial charge in [0.15, 0.2) is 0 Å². The van der Waals surface area contributed by atoms with Gasteiger partial charge in [-0.3, -0.25) is 0 Å². The van der Waals surface area contributed by atoms with E-state index in [2.05, 4.69) is 55.3 Å². The fourth-order valence-electron chi connectivity index (χ4n) is 2.66. The first kappa shape index (κ1) is 15.3. The van der Waals surface area contributed by atoms with Crippen molar-refractivity contribution >= 4 is 5.69 Å². The Bertz CT molecular complexity index is 417. The van der Waals surface area contributed by atoms with E-state index in [0.717, 1.165) is 32.5 Å². The van der Waals surface area contributed by atoms with Crippen LogP contribution in [0, 0.1) is 0 Å². The molecule has 0 saturated carbocycles. The maximum atomic E-state index is 5.46. The standard InChI is InChI=1S/C17H28N2O/c1-17(2,3)18-13-14-7-5-6-8-16(14)19-11-9-15(20-4)10-12-19/h5-8,15,18H,9-13H2,1-4H3. The van der Waals surface area contributed by atoms with Gasteiger partial charge in [-0.15, -0.1) is 0 Å². The maximum absolute atomic E-state index is 5.46. The summed E-state index contributed by atoms with van der Waals surface area (Å²) in [6.07, 6.45) is 2.68. The minimum atomic E-state index is 0.149.